The second kappa shape index (κ2) is 6.86. The van der Waals surface area contributed by atoms with Gasteiger partial charge >= 0.3 is 0 Å². The molecular formula is C14H26BrN3O. The number of hydrogen-bond donors (Lipinski definition) is 1. The molecule has 0 fully saturated rings. The minimum Gasteiger partial charge on any atom is -0.374 e. The molecule has 1 unspecified atom stereocenters. The quantitative estimate of drug-likeness (QED) is 0.835. The van der Waals surface area contributed by atoms with Crippen molar-refractivity contribution in [3.05, 3.63) is 15.9 Å². The molecule has 0 saturated heterocycles. The maximum atomic E-state index is 6.33. The summed E-state index contributed by atoms with van der Waals surface area (Å²) in [7, 11) is 0. The van der Waals surface area contributed by atoms with Gasteiger partial charge in [-0.1, -0.05) is 6.92 Å². The fraction of sp³-hybridized carbons (Fsp3) is 0.786. The number of hydrogen-bond acceptors (Lipinski definition) is 3. The van der Waals surface area contributed by atoms with Gasteiger partial charge in [0.2, 0.25) is 0 Å². The lowest BCUT2D eigenvalue weighted by Crippen LogP contribution is -2.47. The molecule has 1 aromatic rings. The van der Waals surface area contributed by atoms with Crippen molar-refractivity contribution in [1.82, 2.24) is 9.78 Å². The summed E-state index contributed by atoms with van der Waals surface area (Å²) in [6.45, 7) is 11.8. The van der Waals surface area contributed by atoms with Gasteiger partial charge in [-0.25, -0.2) is 0 Å². The van der Waals surface area contributed by atoms with E-state index in [0.717, 1.165) is 29.6 Å². The summed E-state index contributed by atoms with van der Waals surface area (Å²) >= 11 is 3.66. The fourth-order valence-corrected chi connectivity index (χ4v) is 2.87. The van der Waals surface area contributed by atoms with E-state index in [1.54, 1.807) is 0 Å². The lowest BCUT2D eigenvalue weighted by Gasteiger charge is -2.31. The minimum absolute atomic E-state index is 0.0598. The lowest BCUT2D eigenvalue weighted by molar-refractivity contribution is -0.0292. The van der Waals surface area contributed by atoms with Crippen LogP contribution >= 0.6 is 15.9 Å². The standard InChI is InChI=1S/C14H26BrN3O/c1-6-10-13(15)11(18(7-2)17-10)9-12(16)14(4,5)19-8-3/h12H,6-9,16H2,1-5H3. The molecule has 0 saturated carbocycles. The second-order valence-electron chi connectivity index (χ2n) is 5.22. The molecule has 0 aliphatic heterocycles. The molecule has 0 spiro atoms. The number of nitrogens with two attached hydrogens (primary N) is 1. The number of aromatic nitrogens is 2. The van der Waals surface area contributed by atoms with Crippen LogP contribution in [0.5, 0.6) is 0 Å². The van der Waals surface area contributed by atoms with Crippen LogP contribution in [0.1, 0.15) is 46.0 Å². The Morgan fingerprint density at radius 2 is 2.00 bits per heavy atom. The first kappa shape index (κ1) is 16.7. The van der Waals surface area contributed by atoms with Gasteiger partial charge in [0.1, 0.15) is 0 Å². The highest BCUT2D eigenvalue weighted by Crippen LogP contribution is 2.26. The Morgan fingerprint density at radius 1 is 1.37 bits per heavy atom. The summed E-state index contributed by atoms with van der Waals surface area (Å²) in [4.78, 5) is 0. The third-order valence-electron chi connectivity index (χ3n) is 3.52. The largest absolute Gasteiger partial charge is 0.374 e. The van der Waals surface area contributed by atoms with E-state index in [0.29, 0.717) is 6.61 Å². The zero-order chi connectivity index (χ0) is 14.6. The minimum atomic E-state index is -0.330. The molecule has 1 heterocycles. The summed E-state index contributed by atoms with van der Waals surface area (Å²) in [6, 6.07) is -0.0598. The van der Waals surface area contributed by atoms with E-state index in [4.69, 9.17) is 10.5 Å². The summed E-state index contributed by atoms with van der Waals surface area (Å²) in [5.41, 5.74) is 8.26. The van der Waals surface area contributed by atoms with Crippen LogP contribution in [0.2, 0.25) is 0 Å². The van der Waals surface area contributed by atoms with E-state index in [-0.39, 0.29) is 11.6 Å². The van der Waals surface area contributed by atoms with Crippen molar-refractivity contribution in [1.29, 1.82) is 0 Å². The maximum absolute atomic E-state index is 6.33. The normalized spacial score (nSPS) is 13.8. The molecule has 0 aliphatic carbocycles. The highest BCUT2D eigenvalue weighted by Gasteiger charge is 2.29. The van der Waals surface area contributed by atoms with E-state index in [9.17, 15) is 0 Å². The zero-order valence-corrected chi connectivity index (χ0v) is 14.2. The van der Waals surface area contributed by atoms with Crippen LogP contribution in [-0.4, -0.2) is 28.0 Å². The third kappa shape index (κ3) is 3.80. The van der Waals surface area contributed by atoms with Crippen LogP contribution in [0.15, 0.2) is 4.47 Å². The molecule has 0 aromatic carbocycles. The van der Waals surface area contributed by atoms with Gasteiger partial charge < -0.3 is 10.5 Å². The molecule has 0 bridgehead atoms. The van der Waals surface area contributed by atoms with Gasteiger partial charge in [0.25, 0.3) is 0 Å². The monoisotopic (exact) mass is 331 g/mol. The second-order valence-corrected chi connectivity index (χ2v) is 6.02. The molecule has 2 N–H and O–H groups in total. The Hall–Kier alpha value is -0.390. The number of halogens is 1. The lowest BCUT2D eigenvalue weighted by atomic mass is 9.95. The van der Waals surface area contributed by atoms with Crippen LogP contribution in [-0.2, 0) is 24.1 Å². The highest BCUT2D eigenvalue weighted by molar-refractivity contribution is 9.10. The molecular weight excluding hydrogens is 306 g/mol. The molecule has 5 heteroatoms. The molecule has 0 aliphatic rings. The van der Waals surface area contributed by atoms with Crippen molar-refractivity contribution in [2.24, 2.45) is 5.73 Å². The first-order chi connectivity index (χ1) is 8.87. The number of ether oxygens (including phenoxy) is 1. The predicted octanol–water partition coefficient (Wildman–Crippen LogP) is 2.91. The van der Waals surface area contributed by atoms with Gasteiger partial charge in [-0.15, -0.1) is 0 Å². The Morgan fingerprint density at radius 3 is 2.47 bits per heavy atom. The van der Waals surface area contributed by atoms with Gasteiger partial charge in [-0.3, -0.25) is 4.68 Å². The molecule has 4 nitrogen and oxygen atoms in total. The van der Waals surface area contributed by atoms with Crippen LogP contribution < -0.4 is 5.73 Å². The third-order valence-corrected chi connectivity index (χ3v) is 4.43. The van der Waals surface area contributed by atoms with Gasteiger partial charge in [-0.2, -0.15) is 5.10 Å². The van der Waals surface area contributed by atoms with Crippen molar-refractivity contribution in [3.63, 3.8) is 0 Å². The average Bonchev–Trinajstić information content (AvgIpc) is 2.66. The van der Waals surface area contributed by atoms with Crippen molar-refractivity contribution in [2.75, 3.05) is 6.61 Å². The molecule has 1 aromatic heterocycles. The van der Waals surface area contributed by atoms with Crippen LogP contribution in [0.4, 0.5) is 0 Å². The summed E-state index contributed by atoms with van der Waals surface area (Å²) in [5.74, 6) is 0. The van der Waals surface area contributed by atoms with E-state index in [1.165, 1.54) is 5.69 Å². The Kier molecular flexibility index (Phi) is 6.02. The zero-order valence-electron chi connectivity index (χ0n) is 12.7. The Labute approximate surface area is 124 Å². The van der Waals surface area contributed by atoms with Crippen molar-refractivity contribution >= 4 is 15.9 Å². The Balaban J connectivity index is 2.95. The van der Waals surface area contributed by atoms with E-state index >= 15 is 0 Å². The van der Waals surface area contributed by atoms with E-state index in [2.05, 4.69) is 34.9 Å². The Bertz CT molecular complexity index is 415. The molecule has 110 valence electrons. The smallest absolute Gasteiger partial charge is 0.0780 e. The fourth-order valence-electron chi connectivity index (χ4n) is 2.15. The molecule has 1 rings (SSSR count). The van der Waals surface area contributed by atoms with Crippen LogP contribution in [0.3, 0.4) is 0 Å². The van der Waals surface area contributed by atoms with Crippen molar-refractivity contribution in [3.8, 4) is 0 Å². The predicted molar refractivity (Wildman–Crippen MR) is 82.4 cm³/mol. The summed E-state index contributed by atoms with van der Waals surface area (Å²) in [6.07, 6.45) is 1.68. The number of nitrogens with zero attached hydrogens (tertiary/aromatic N) is 2. The summed E-state index contributed by atoms with van der Waals surface area (Å²) < 4.78 is 8.87. The molecule has 1 atom stereocenters. The SMILES string of the molecule is CCOC(C)(C)C(N)Cc1c(Br)c(CC)nn1CC. The van der Waals surface area contributed by atoms with Crippen LogP contribution in [0.25, 0.3) is 0 Å². The molecule has 19 heavy (non-hydrogen) atoms. The first-order valence-corrected chi connectivity index (χ1v) is 7.80. The topological polar surface area (TPSA) is 53.1 Å². The van der Waals surface area contributed by atoms with Gasteiger partial charge in [0.15, 0.2) is 0 Å². The van der Waals surface area contributed by atoms with Crippen LogP contribution in [0, 0.1) is 0 Å². The van der Waals surface area contributed by atoms with E-state index in [1.807, 2.05) is 25.5 Å². The number of aryl methyl sites for hydroxylation is 2. The average molecular weight is 332 g/mol. The highest BCUT2D eigenvalue weighted by atomic mass is 79.9. The van der Waals surface area contributed by atoms with Crippen molar-refractivity contribution < 1.29 is 4.74 Å². The first-order valence-electron chi connectivity index (χ1n) is 7.00. The number of rotatable bonds is 7. The maximum Gasteiger partial charge on any atom is 0.0780 e. The van der Waals surface area contributed by atoms with Gasteiger partial charge in [0.05, 0.1) is 21.5 Å². The van der Waals surface area contributed by atoms with Gasteiger partial charge in [0, 0.05) is 25.6 Å². The molecule has 0 radical (unpaired) electrons. The van der Waals surface area contributed by atoms with Gasteiger partial charge in [-0.05, 0) is 50.0 Å². The van der Waals surface area contributed by atoms with Crippen molar-refractivity contribution in [2.45, 2.75) is 65.6 Å². The molecule has 0 amide bonds. The van der Waals surface area contributed by atoms with E-state index < -0.39 is 0 Å². The summed E-state index contributed by atoms with van der Waals surface area (Å²) in [5, 5.41) is 4.60.